The lowest BCUT2D eigenvalue weighted by Crippen LogP contribution is -2.44. The molecule has 0 amide bonds. The van der Waals surface area contributed by atoms with Gasteiger partial charge in [-0.3, -0.25) is 0 Å². The van der Waals surface area contributed by atoms with Crippen molar-refractivity contribution in [3.63, 3.8) is 0 Å². The van der Waals surface area contributed by atoms with Crippen LogP contribution in [0.25, 0.3) is 0 Å². The number of hydrogen-bond donors (Lipinski definition) is 1. The van der Waals surface area contributed by atoms with Gasteiger partial charge in [-0.05, 0) is 32.6 Å². The Labute approximate surface area is 88.4 Å². The topological polar surface area (TPSA) is 21.3 Å². The molecule has 1 saturated carbocycles. The lowest BCUT2D eigenvalue weighted by atomic mass is 9.99. The number of ether oxygens (including phenoxy) is 1. The first-order valence-corrected chi connectivity index (χ1v) is 5.97. The Morgan fingerprint density at radius 1 is 1.36 bits per heavy atom. The number of rotatable bonds is 5. The summed E-state index contributed by atoms with van der Waals surface area (Å²) < 4.78 is 5.33. The molecule has 2 nitrogen and oxygen atoms in total. The molecular weight excluding hydrogens is 174 g/mol. The summed E-state index contributed by atoms with van der Waals surface area (Å²) in [5.74, 6) is 0.890. The molecule has 0 aliphatic heterocycles. The molecule has 1 aliphatic rings. The van der Waals surface area contributed by atoms with E-state index < -0.39 is 0 Å². The van der Waals surface area contributed by atoms with Gasteiger partial charge in [-0.15, -0.1) is 0 Å². The molecule has 1 fully saturated rings. The van der Waals surface area contributed by atoms with Crippen molar-refractivity contribution in [2.24, 2.45) is 5.92 Å². The molecule has 0 saturated heterocycles. The van der Waals surface area contributed by atoms with E-state index in [2.05, 4.69) is 26.1 Å². The largest absolute Gasteiger partial charge is 0.380 e. The summed E-state index contributed by atoms with van der Waals surface area (Å²) in [5.41, 5.74) is 0. The van der Waals surface area contributed by atoms with Crippen molar-refractivity contribution >= 4 is 0 Å². The van der Waals surface area contributed by atoms with Gasteiger partial charge in [-0.25, -0.2) is 0 Å². The van der Waals surface area contributed by atoms with Crippen molar-refractivity contribution in [2.45, 2.75) is 64.6 Å². The molecule has 4 unspecified atom stereocenters. The fourth-order valence-corrected chi connectivity index (χ4v) is 2.42. The summed E-state index contributed by atoms with van der Waals surface area (Å²) in [4.78, 5) is 0. The molecular formula is C12H25NO. The molecule has 0 radical (unpaired) electrons. The molecule has 2 heteroatoms. The van der Waals surface area contributed by atoms with Gasteiger partial charge in [0.15, 0.2) is 0 Å². The molecule has 0 bridgehead atoms. The van der Waals surface area contributed by atoms with Crippen LogP contribution in [0.15, 0.2) is 0 Å². The fraction of sp³-hybridized carbons (Fsp3) is 1.00. The van der Waals surface area contributed by atoms with Gasteiger partial charge in [0.05, 0.1) is 6.10 Å². The number of nitrogens with one attached hydrogen (secondary N) is 1. The van der Waals surface area contributed by atoms with Crippen LogP contribution in [-0.2, 0) is 4.74 Å². The summed E-state index contributed by atoms with van der Waals surface area (Å²) in [7, 11) is 1.79. The molecule has 0 aromatic carbocycles. The third-order valence-electron chi connectivity index (χ3n) is 3.74. The highest BCUT2D eigenvalue weighted by molar-refractivity contribution is 4.85. The summed E-state index contributed by atoms with van der Waals surface area (Å²) in [6.07, 6.45) is 5.77. The van der Waals surface area contributed by atoms with Crippen LogP contribution < -0.4 is 5.32 Å². The number of methoxy groups -OCH3 is 1. The van der Waals surface area contributed by atoms with Gasteiger partial charge in [-0.1, -0.05) is 19.8 Å². The van der Waals surface area contributed by atoms with Gasteiger partial charge in [-0.2, -0.15) is 0 Å². The smallest absolute Gasteiger partial charge is 0.0693 e. The maximum absolute atomic E-state index is 5.33. The van der Waals surface area contributed by atoms with E-state index in [1.807, 2.05) is 0 Å². The fourth-order valence-electron chi connectivity index (χ4n) is 2.42. The molecule has 0 aromatic heterocycles. The minimum Gasteiger partial charge on any atom is -0.380 e. The van der Waals surface area contributed by atoms with Crippen LogP contribution in [0.5, 0.6) is 0 Å². The average Bonchev–Trinajstić information content (AvgIpc) is 2.63. The standard InChI is InChI=1S/C12H25NO/c1-5-11-7-6-8-12(11)13-9(2)10(3)14-4/h9-13H,5-8H2,1-4H3. The normalized spacial score (nSPS) is 31.7. The molecule has 1 rings (SSSR count). The summed E-state index contributed by atoms with van der Waals surface area (Å²) >= 11 is 0. The van der Waals surface area contributed by atoms with Gasteiger partial charge in [0.2, 0.25) is 0 Å². The van der Waals surface area contributed by atoms with Crippen LogP contribution in [-0.4, -0.2) is 25.3 Å². The minimum atomic E-state index is 0.313. The Bertz CT molecular complexity index is 160. The first kappa shape index (κ1) is 12.0. The molecule has 14 heavy (non-hydrogen) atoms. The molecule has 1 N–H and O–H groups in total. The first-order valence-electron chi connectivity index (χ1n) is 5.97. The van der Waals surface area contributed by atoms with Gasteiger partial charge < -0.3 is 10.1 Å². The Morgan fingerprint density at radius 2 is 2.07 bits per heavy atom. The summed E-state index contributed by atoms with van der Waals surface area (Å²) in [6.45, 7) is 6.65. The molecule has 0 aromatic rings. The van der Waals surface area contributed by atoms with Crippen LogP contribution in [0.3, 0.4) is 0 Å². The number of hydrogen-bond acceptors (Lipinski definition) is 2. The Balaban J connectivity index is 2.35. The predicted molar refractivity (Wildman–Crippen MR) is 60.5 cm³/mol. The van der Waals surface area contributed by atoms with Gasteiger partial charge in [0, 0.05) is 19.2 Å². The minimum absolute atomic E-state index is 0.313. The zero-order valence-electron chi connectivity index (χ0n) is 10.0. The lowest BCUT2D eigenvalue weighted by Gasteiger charge is -2.27. The van der Waals surface area contributed by atoms with Crippen LogP contribution in [0, 0.1) is 5.92 Å². The van der Waals surface area contributed by atoms with E-state index in [0.717, 1.165) is 12.0 Å². The second kappa shape index (κ2) is 5.72. The van der Waals surface area contributed by atoms with Crippen LogP contribution in [0.2, 0.25) is 0 Å². The van der Waals surface area contributed by atoms with E-state index >= 15 is 0 Å². The van der Waals surface area contributed by atoms with E-state index in [-0.39, 0.29) is 0 Å². The van der Waals surface area contributed by atoms with E-state index in [4.69, 9.17) is 4.74 Å². The van der Waals surface area contributed by atoms with Gasteiger partial charge in [0.1, 0.15) is 0 Å². The lowest BCUT2D eigenvalue weighted by molar-refractivity contribution is 0.0820. The van der Waals surface area contributed by atoms with E-state index in [1.165, 1.54) is 25.7 Å². The van der Waals surface area contributed by atoms with Gasteiger partial charge >= 0.3 is 0 Å². The first-order chi connectivity index (χ1) is 6.69. The molecule has 84 valence electrons. The van der Waals surface area contributed by atoms with Crippen molar-refractivity contribution in [1.29, 1.82) is 0 Å². The van der Waals surface area contributed by atoms with Crippen molar-refractivity contribution in [3.8, 4) is 0 Å². The highest BCUT2D eigenvalue weighted by atomic mass is 16.5. The third-order valence-corrected chi connectivity index (χ3v) is 3.74. The van der Waals surface area contributed by atoms with E-state index in [0.29, 0.717) is 12.1 Å². The van der Waals surface area contributed by atoms with Gasteiger partial charge in [0.25, 0.3) is 0 Å². The SMILES string of the molecule is CCC1CCCC1NC(C)C(C)OC. The van der Waals surface area contributed by atoms with Crippen LogP contribution >= 0.6 is 0 Å². The zero-order valence-corrected chi connectivity index (χ0v) is 10.0. The van der Waals surface area contributed by atoms with E-state index in [1.54, 1.807) is 7.11 Å². The second-order valence-corrected chi connectivity index (χ2v) is 4.60. The van der Waals surface area contributed by atoms with E-state index in [9.17, 15) is 0 Å². The monoisotopic (exact) mass is 199 g/mol. The average molecular weight is 199 g/mol. The van der Waals surface area contributed by atoms with Crippen molar-refractivity contribution in [3.05, 3.63) is 0 Å². The summed E-state index contributed by atoms with van der Waals surface area (Å²) in [5, 5.41) is 3.71. The van der Waals surface area contributed by atoms with Crippen LogP contribution in [0.1, 0.15) is 46.5 Å². The van der Waals surface area contributed by atoms with Crippen molar-refractivity contribution in [1.82, 2.24) is 5.32 Å². The van der Waals surface area contributed by atoms with Crippen LogP contribution in [0.4, 0.5) is 0 Å². The quantitative estimate of drug-likeness (QED) is 0.735. The van der Waals surface area contributed by atoms with Crippen molar-refractivity contribution in [2.75, 3.05) is 7.11 Å². The Hall–Kier alpha value is -0.0800. The zero-order chi connectivity index (χ0) is 10.6. The maximum Gasteiger partial charge on any atom is 0.0693 e. The predicted octanol–water partition coefficient (Wildman–Crippen LogP) is 2.58. The second-order valence-electron chi connectivity index (χ2n) is 4.60. The highest BCUT2D eigenvalue weighted by Gasteiger charge is 2.27. The maximum atomic E-state index is 5.33. The molecule has 0 heterocycles. The molecule has 0 spiro atoms. The molecule has 4 atom stereocenters. The Morgan fingerprint density at radius 3 is 2.64 bits per heavy atom. The van der Waals surface area contributed by atoms with Crippen molar-refractivity contribution < 1.29 is 4.74 Å². The third kappa shape index (κ3) is 2.96. The molecule has 1 aliphatic carbocycles. The Kier molecular flexibility index (Phi) is 4.90. The highest BCUT2D eigenvalue weighted by Crippen LogP contribution is 2.28. The summed E-state index contributed by atoms with van der Waals surface area (Å²) in [6, 6.07) is 1.20.